The second kappa shape index (κ2) is 5.89. The summed E-state index contributed by atoms with van der Waals surface area (Å²) in [7, 11) is 0. The van der Waals surface area contributed by atoms with Gasteiger partial charge in [-0.1, -0.05) is 13.3 Å². The molecule has 0 aliphatic heterocycles. The number of aromatic carboxylic acids is 1. The summed E-state index contributed by atoms with van der Waals surface area (Å²) in [6.45, 7) is 2.73. The Labute approximate surface area is 100 Å². The Bertz CT molecular complexity index is 401. The van der Waals surface area contributed by atoms with Crippen LogP contribution in [0.4, 0.5) is 5.69 Å². The normalized spacial score (nSPS) is 9.94. The van der Waals surface area contributed by atoms with Crippen molar-refractivity contribution in [3.05, 3.63) is 29.8 Å². The van der Waals surface area contributed by atoms with E-state index < -0.39 is 5.97 Å². The largest absolute Gasteiger partial charge is 0.478 e. The molecule has 0 spiro atoms. The highest BCUT2D eigenvalue weighted by Crippen LogP contribution is 2.15. The van der Waals surface area contributed by atoms with E-state index in [2.05, 4.69) is 6.92 Å². The average Bonchev–Trinajstić information content (AvgIpc) is 2.29. The molecule has 1 aromatic rings. The fourth-order valence-electron chi connectivity index (χ4n) is 1.49. The number of carbonyl (C=O) groups is 1. The van der Waals surface area contributed by atoms with E-state index in [1.165, 1.54) is 12.1 Å². The molecule has 0 heterocycles. The first-order chi connectivity index (χ1) is 8.06. The molecule has 0 bridgehead atoms. The van der Waals surface area contributed by atoms with Crippen molar-refractivity contribution in [1.82, 2.24) is 0 Å². The third-order valence-electron chi connectivity index (χ3n) is 2.45. The van der Waals surface area contributed by atoms with Gasteiger partial charge in [-0.2, -0.15) is 0 Å². The highest BCUT2D eigenvalue weighted by molar-refractivity contribution is 5.93. The first-order valence-corrected chi connectivity index (χ1v) is 5.51. The van der Waals surface area contributed by atoms with Gasteiger partial charge in [0.15, 0.2) is 5.96 Å². The molecule has 0 saturated carbocycles. The molecule has 0 unspecified atom stereocenters. The van der Waals surface area contributed by atoms with Gasteiger partial charge in [-0.05, 0) is 30.7 Å². The Morgan fingerprint density at radius 1 is 1.41 bits per heavy atom. The minimum atomic E-state index is -0.959. The number of nitrogens with zero attached hydrogens (tertiary/aromatic N) is 1. The van der Waals surface area contributed by atoms with Gasteiger partial charge in [0.1, 0.15) is 0 Å². The number of guanidine groups is 1. The van der Waals surface area contributed by atoms with Crippen molar-refractivity contribution < 1.29 is 9.90 Å². The predicted molar refractivity (Wildman–Crippen MR) is 67.6 cm³/mol. The SMILES string of the molecule is CCCCN(C(=N)N)c1ccc(C(=O)O)cc1. The summed E-state index contributed by atoms with van der Waals surface area (Å²) in [5.74, 6) is -0.985. The predicted octanol–water partition coefficient (Wildman–Crippen LogP) is 1.88. The molecule has 4 N–H and O–H groups in total. The van der Waals surface area contributed by atoms with E-state index in [1.54, 1.807) is 17.0 Å². The fourth-order valence-corrected chi connectivity index (χ4v) is 1.49. The maximum Gasteiger partial charge on any atom is 0.335 e. The van der Waals surface area contributed by atoms with Crippen LogP contribution >= 0.6 is 0 Å². The number of anilines is 1. The Morgan fingerprint density at radius 2 is 2.00 bits per heavy atom. The fraction of sp³-hybridized carbons (Fsp3) is 0.333. The molecule has 1 rings (SSSR count). The number of hydrogen-bond acceptors (Lipinski definition) is 2. The highest BCUT2D eigenvalue weighted by atomic mass is 16.4. The van der Waals surface area contributed by atoms with Crippen LogP contribution in [0.15, 0.2) is 24.3 Å². The molecule has 92 valence electrons. The van der Waals surface area contributed by atoms with Crippen LogP contribution in [0, 0.1) is 5.41 Å². The molecule has 17 heavy (non-hydrogen) atoms. The van der Waals surface area contributed by atoms with Crippen molar-refractivity contribution in [2.75, 3.05) is 11.4 Å². The molecule has 0 saturated heterocycles. The van der Waals surface area contributed by atoms with Gasteiger partial charge in [0.25, 0.3) is 0 Å². The van der Waals surface area contributed by atoms with Crippen molar-refractivity contribution in [2.45, 2.75) is 19.8 Å². The van der Waals surface area contributed by atoms with Crippen LogP contribution < -0.4 is 10.6 Å². The number of rotatable bonds is 5. The maximum atomic E-state index is 10.7. The zero-order valence-corrected chi connectivity index (χ0v) is 9.81. The Balaban J connectivity index is 2.87. The number of carboxylic acids is 1. The number of nitrogens with one attached hydrogen (secondary N) is 1. The quantitative estimate of drug-likeness (QED) is 0.537. The number of unbranched alkanes of at least 4 members (excludes halogenated alkanes) is 1. The molecular formula is C12H17N3O2. The average molecular weight is 235 g/mol. The van der Waals surface area contributed by atoms with E-state index in [0.29, 0.717) is 6.54 Å². The van der Waals surface area contributed by atoms with Crippen molar-refractivity contribution in [3.63, 3.8) is 0 Å². The van der Waals surface area contributed by atoms with E-state index in [4.69, 9.17) is 16.2 Å². The standard InChI is InChI=1S/C12H17N3O2/c1-2-3-8-15(12(13)14)10-6-4-9(5-7-10)11(16)17/h4-7H,2-3,8H2,1H3,(H3,13,14)(H,16,17). The molecule has 0 amide bonds. The lowest BCUT2D eigenvalue weighted by molar-refractivity contribution is 0.0697. The molecule has 0 aliphatic carbocycles. The highest BCUT2D eigenvalue weighted by Gasteiger charge is 2.09. The lowest BCUT2D eigenvalue weighted by Crippen LogP contribution is -2.37. The number of hydrogen-bond donors (Lipinski definition) is 3. The molecule has 0 atom stereocenters. The minimum Gasteiger partial charge on any atom is -0.478 e. The van der Waals surface area contributed by atoms with Crippen LogP contribution in [0.3, 0.4) is 0 Å². The molecule has 0 aromatic heterocycles. The topological polar surface area (TPSA) is 90.4 Å². The molecule has 0 aliphatic rings. The van der Waals surface area contributed by atoms with Gasteiger partial charge in [-0.15, -0.1) is 0 Å². The number of carboxylic acid groups (broad SMARTS) is 1. The lowest BCUT2D eigenvalue weighted by atomic mass is 10.2. The summed E-state index contributed by atoms with van der Waals surface area (Å²) in [6.07, 6.45) is 1.94. The number of nitrogens with two attached hydrogens (primary N) is 1. The van der Waals surface area contributed by atoms with Crippen molar-refractivity contribution in [3.8, 4) is 0 Å². The first kappa shape index (κ1) is 13.0. The Hall–Kier alpha value is -2.04. The summed E-state index contributed by atoms with van der Waals surface area (Å²) < 4.78 is 0. The molecule has 1 aromatic carbocycles. The molecular weight excluding hydrogens is 218 g/mol. The van der Waals surface area contributed by atoms with Crippen LogP contribution in [0.25, 0.3) is 0 Å². The Kier molecular flexibility index (Phi) is 4.51. The van der Waals surface area contributed by atoms with Gasteiger partial charge < -0.3 is 15.7 Å². The van der Waals surface area contributed by atoms with E-state index in [1.807, 2.05) is 0 Å². The van der Waals surface area contributed by atoms with Crippen LogP contribution in [0.5, 0.6) is 0 Å². The zero-order valence-electron chi connectivity index (χ0n) is 9.81. The van der Waals surface area contributed by atoms with Crippen molar-refractivity contribution in [1.29, 1.82) is 5.41 Å². The molecule has 0 fully saturated rings. The summed E-state index contributed by atoms with van der Waals surface area (Å²) in [5.41, 5.74) is 6.48. The van der Waals surface area contributed by atoms with Gasteiger partial charge in [-0.25, -0.2) is 4.79 Å². The van der Waals surface area contributed by atoms with E-state index in [-0.39, 0.29) is 11.5 Å². The van der Waals surface area contributed by atoms with Gasteiger partial charge in [0.05, 0.1) is 5.56 Å². The minimum absolute atomic E-state index is 0.0264. The zero-order chi connectivity index (χ0) is 12.8. The van der Waals surface area contributed by atoms with Crippen LogP contribution in [0.2, 0.25) is 0 Å². The van der Waals surface area contributed by atoms with E-state index >= 15 is 0 Å². The third kappa shape index (κ3) is 3.48. The summed E-state index contributed by atoms with van der Waals surface area (Å²) >= 11 is 0. The maximum absolute atomic E-state index is 10.7. The molecule has 5 nitrogen and oxygen atoms in total. The van der Waals surface area contributed by atoms with Crippen molar-refractivity contribution >= 4 is 17.6 Å². The summed E-state index contributed by atoms with van der Waals surface area (Å²) in [5, 5.41) is 16.3. The third-order valence-corrected chi connectivity index (χ3v) is 2.45. The second-order valence-electron chi connectivity index (χ2n) is 3.74. The molecule has 0 radical (unpaired) electrons. The second-order valence-corrected chi connectivity index (χ2v) is 3.74. The monoisotopic (exact) mass is 235 g/mol. The van der Waals surface area contributed by atoms with E-state index in [9.17, 15) is 4.79 Å². The van der Waals surface area contributed by atoms with Gasteiger partial charge in [0, 0.05) is 12.2 Å². The first-order valence-electron chi connectivity index (χ1n) is 5.51. The lowest BCUT2D eigenvalue weighted by Gasteiger charge is -2.22. The number of benzene rings is 1. The van der Waals surface area contributed by atoms with Gasteiger partial charge in [-0.3, -0.25) is 5.41 Å². The Morgan fingerprint density at radius 3 is 2.41 bits per heavy atom. The van der Waals surface area contributed by atoms with E-state index in [0.717, 1.165) is 18.5 Å². The van der Waals surface area contributed by atoms with Crippen LogP contribution in [-0.4, -0.2) is 23.6 Å². The smallest absolute Gasteiger partial charge is 0.335 e. The van der Waals surface area contributed by atoms with Crippen molar-refractivity contribution in [2.24, 2.45) is 5.73 Å². The van der Waals surface area contributed by atoms with Gasteiger partial charge >= 0.3 is 5.97 Å². The van der Waals surface area contributed by atoms with Crippen LogP contribution in [-0.2, 0) is 0 Å². The summed E-state index contributed by atoms with van der Waals surface area (Å²) in [6, 6.07) is 6.36. The van der Waals surface area contributed by atoms with Gasteiger partial charge in [0.2, 0.25) is 0 Å². The summed E-state index contributed by atoms with van der Waals surface area (Å²) in [4.78, 5) is 12.4. The van der Waals surface area contributed by atoms with Crippen LogP contribution in [0.1, 0.15) is 30.1 Å². The molecule has 5 heteroatoms.